The highest BCUT2D eigenvalue weighted by atomic mass is 35.5. The molecule has 0 unspecified atom stereocenters. The van der Waals surface area contributed by atoms with E-state index in [0.29, 0.717) is 16.8 Å². The van der Waals surface area contributed by atoms with E-state index < -0.39 is 24.0 Å². The number of carbonyl (C=O) groups is 2. The normalized spacial score (nSPS) is 19.3. The molecule has 1 fully saturated rings. The number of nitrogens with zero attached hydrogens (tertiary/aromatic N) is 4. The maximum Gasteiger partial charge on any atom is 0.433 e. The fraction of sp³-hybridized carbons (Fsp3) is 0.391. The van der Waals surface area contributed by atoms with Crippen LogP contribution in [0.1, 0.15) is 19.0 Å². The Kier molecular flexibility index (Phi) is 7.89. The molecule has 1 aromatic heterocycles. The number of hydrogen-bond acceptors (Lipinski definition) is 6. The maximum atomic E-state index is 13.5. The highest BCUT2D eigenvalue weighted by Crippen LogP contribution is 2.35. The molecule has 1 aliphatic rings. The van der Waals surface area contributed by atoms with Gasteiger partial charge in [0.15, 0.2) is 0 Å². The molecule has 35 heavy (non-hydrogen) atoms. The third kappa shape index (κ3) is 6.02. The van der Waals surface area contributed by atoms with Crippen molar-refractivity contribution in [3.8, 4) is 0 Å². The zero-order chi connectivity index (χ0) is 25.9. The fourth-order valence-corrected chi connectivity index (χ4v) is 4.25. The topological polar surface area (TPSA) is 104 Å². The van der Waals surface area contributed by atoms with E-state index in [2.05, 4.69) is 15.3 Å². The third-order valence-corrected chi connectivity index (χ3v) is 6.09. The number of halogens is 4. The van der Waals surface area contributed by atoms with Gasteiger partial charge in [-0.15, -0.1) is 0 Å². The first kappa shape index (κ1) is 26.3. The van der Waals surface area contributed by atoms with E-state index in [1.165, 1.54) is 43.3 Å². The summed E-state index contributed by atoms with van der Waals surface area (Å²) in [5.41, 5.74) is 5.02. The van der Waals surface area contributed by atoms with Crippen molar-refractivity contribution in [2.75, 3.05) is 32.5 Å². The van der Waals surface area contributed by atoms with Gasteiger partial charge in [0.1, 0.15) is 5.69 Å². The molecule has 1 aliphatic heterocycles. The van der Waals surface area contributed by atoms with Crippen molar-refractivity contribution < 1.29 is 22.8 Å². The summed E-state index contributed by atoms with van der Waals surface area (Å²) in [6, 6.07) is 4.49. The number of aliphatic imine (C=N–C) groups is 1. The van der Waals surface area contributed by atoms with E-state index in [1.54, 1.807) is 11.9 Å². The molecule has 0 radical (unpaired) electrons. The lowest BCUT2D eigenvalue weighted by atomic mass is 9.98. The summed E-state index contributed by atoms with van der Waals surface area (Å²) < 4.78 is 40.5. The van der Waals surface area contributed by atoms with Crippen LogP contribution in [0.4, 0.5) is 18.9 Å². The molecular weight excluding hydrogens is 485 g/mol. The van der Waals surface area contributed by atoms with E-state index in [4.69, 9.17) is 17.3 Å². The summed E-state index contributed by atoms with van der Waals surface area (Å²) in [5, 5.41) is 3.91. The van der Waals surface area contributed by atoms with Crippen LogP contribution in [0.3, 0.4) is 0 Å². The number of likely N-dealkylation sites (N-methyl/N-ethyl adjacent to an activating group) is 1. The van der Waals surface area contributed by atoms with Gasteiger partial charge in [0.2, 0.25) is 5.91 Å². The van der Waals surface area contributed by atoms with Crippen molar-refractivity contribution in [3.05, 3.63) is 46.8 Å². The van der Waals surface area contributed by atoms with Crippen molar-refractivity contribution in [1.82, 2.24) is 14.8 Å². The molecule has 0 aliphatic carbocycles. The van der Waals surface area contributed by atoms with Crippen LogP contribution in [-0.2, 0) is 15.8 Å². The number of nitrogens with two attached hydrogens (primary N) is 1. The van der Waals surface area contributed by atoms with Crippen molar-refractivity contribution >= 4 is 46.2 Å². The molecule has 12 heteroatoms. The zero-order valence-corrected chi connectivity index (χ0v) is 20.2. The van der Waals surface area contributed by atoms with Gasteiger partial charge in [-0.3, -0.25) is 14.6 Å². The van der Waals surface area contributed by atoms with Crippen LogP contribution in [0, 0.1) is 0 Å². The molecule has 2 heterocycles. The Morgan fingerprint density at radius 1 is 1.31 bits per heavy atom. The van der Waals surface area contributed by atoms with E-state index in [-0.39, 0.29) is 41.7 Å². The van der Waals surface area contributed by atoms with Crippen LogP contribution in [-0.4, -0.2) is 72.1 Å². The number of hydrogen-bond donors (Lipinski definition) is 2. The minimum Gasteiger partial charge on any atom is -0.404 e. The van der Waals surface area contributed by atoms with E-state index in [1.807, 2.05) is 0 Å². The minimum absolute atomic E-state index is 0.131. The van der Waals surface area contributed by atoms with E-state index >= 15 is 0 Å². The number of nitrogens with one attached hydrogen (secondary N) is 1. The van der Waals surface area contributed by atoms with Crippen LogP contribution >= 0.6 is 11.6 Å². The second-order valence-electron chi connectivity index (χ2n) is 8.29. The Bertz CT molecular complexity index is 1180. The molecule has 2 atom stereocenters. The predicted octanol–water partition coefficient (Wildman–Crippen LogP) is 3.31. The van der Waals surface area contributed by atoms with Crippen LogP contribution in [0.15, 0.2) is 41.0 Å². The second kappa shape index (κ2) is 10.5. The molecule has 0 spiro atoms. The molecule has 1 saturated heterocycles. The smallest absolute Gasteiger partial charge is 0.404 e. The van der Waals surface area contributed by atoms with Gasteiger partial charge in [0, 0.05) is 68.7 Å². The number of benzene rings is 1. The minimum atomic E-state index is -4.65. The summed E-state index contributed by atoms with van der Waals surface area (Å²) in [5.74, 6) is -0.599. The van der Waals surface area contributed by atoms with Crippen molar-refractivity contribution in [2.24, 2.45) is 10.7 Å². The van der Waals surface area contributed by atoms with E-state index in [9.17, 15) is 22.8 Å². The maximum absolute atomic E-state index is 13.5. The molecule has 2 aromatic rings. The summed E-state index contributed by atoms with van der Waals surface area (Å²) in [4.78, 5) is 35.7. The first-order valence-electron chi connectivity index (χ1n) is 10.7. The Morgan fingerprint density at radius 2 is 2.03 bits per heavy atom. The molecule has 2 amide bonds. The molecule has 188 valence electrons. The Morgan fingerprint density at radius 3 is 2.63 bits per heavy atom. The van der Waals surface area contributed by atoms with Gasteiger partial charge in [0.05, 0.1) is 17.1 Å². The highest BCUT2D eigenvalue weighted by Gasteiger charge is 2.36. The molecule has 3 N–H and O–H groups in total. The van der Waals surface area contributed by atoms with Gasteiger partial charge in [-0.25, -0.2) is 4.98 Å². The molecule has 0 bridgehead atoms. The van der Waals surface area contributed by atoms with Gasteiger partial charge in [-0.2, -0.15) is 13.2 Å². The predicted molar refractivity (Wildman–Crippen MR) is 129 cm³/mol. The monoisotopic (exact) mass is 510 g/mol. The zero-order valence-electron chi connectivity index (χ0n) is 19.4. The van der Waals surface area contributed by atoms with E-state index in [0.717, 1.165) is 12.3 Å². The molecule has 8 nitrogen and oxygen atoms in total. The van der Waals surface area contributed by atoms with Crippen molar-refractivity contribution in [3.63, 3.8) is 0 Å². The molecule has 0 saturated carbocycles. The second-order valence-corrected chi connectivity index (χ2v) is 8.73. The van der Waals surface area contributed by atoms with Gasteiger partial charge < -0.3 is 20.9 Å². The van der Waals surface area contributed by atoms with Crippen LogP contribution in [0.5, 0.6) is 0 Å². The average Bonchev–Trinajstić information content (AvgIpc) is 2.80. The Balaban J connectivity index is 1.96. The Hall–Kier alpha value is -3.34. The lowest BCUT2D eigenvalue weighted by Crippen LogP contribution is -2.56. The van der Waals surface area contributed by atoms with Gasteiger partial charge >= 0.3 is 6.18 Å². The highest BCUT2D eigenvalue weighted by molar-refractivity contribution is 6.31. The standard InChI is InChI=1S/C23H26ClF3N6O2/c1-13(34)33-11-16(7-17(12-33)32(3)22(35)14(9-28)10-29-2)30-20-8-21(23(25,26)27)31-19-5-4-15(24)6-18(19)20/h4-6,8-10,16-17H,7,11-12,28H2,1-3H3,(H,30,31)/b14-9+,29-10?/t16-,17+/m1/s1. The number of carbonyl (C=O) groups excluding carboxylic acids is 2. The molecular formula is C23H26ClF3N6O2. The summed E-state index contributed by atoms with van der Waals surface area (Å²) in [7, 11) is 3.10. The van der Waals surface area contributed by atoms with Gasteiger partial charge in [-0.1, -0.05) is 11.6 Å². The number of fused-ring (bicyclic) bond motifs is 1. The summed E-state index contributed by atoms with van der Waals surface area (Å²) >= 11 is 6.10. The molecule has 3 rings (SSSR count). The van der Waals surface area contributed by atoms with Crippen molar-refractivity contribution in [1.29, 1.82) is 0 Å². The number of likely N-dealkylation sites (tertiary alicyclic amines) is 1. The Labute approximate surface area is 205 Å². The lowest BCUT2D eigenvalue weighted by Gasteiger charge is -2.42. The largest absolute Gasteiger partial charge is 0.433 e. The molecule has 1 aromatic carbocycles. The summed E-state index contributed by atoms with van der Waals surface area (Å²) in [6.07, 6.45) is -1.79. The summed E-state index contributed by atoms with van der Waals surface area (Å²) in [6.45, 7) is 1.92. The quantitative estimate of drug-likeness (QED) is 0.474. The van der Waals surface area contributed by atoms with Crippen LogP contribution < -0.4 is 11.1 Å². The number of anilines is 1. The SMILES string of the molecule is CN=C/C(=C\N)C(=O)N(C)[C@H]1C[C@@H](Nc2cc(C(F)(F)F)nc3ccc(Cl)cc23)CN(C(C)=O)C1. The lowest BCUT2D eigenvalue weighted by molar-refractivity contribution is -0.141. The number of aromatic nitrogens is 1. The third-order valence-electron chi connectivity index (χ3n) is 5.86. The first-order chi connectivity index (χ1) is 16.4. The number of piperidine rings is 1. The number of amides is 2. The average molecular weight is 511 g/mol. The van der Waals surface area contributed by atoms with Crippen molar-refractivity contribution in [2.45, 2.75) is 31.6 Å². The van der Waals surface area contributed by atoms with Gasteiger partial charge in [0.25, 0.3) is 5.91 Å². The fourth-order valence-electron chi connectivity index (χ4n) is 4.08. The first-order valence-corrected chi connectivity index (χ1v) is 11.1. The number of pyridine rings is 1. The van der Waals surface area contributed by atoms with Crippen LogP contribution in [0.2, 0.25) is 5.02 Å². The number of alkyl halides is 3. The number of rotatable bonds is 5. The van der Waals surface area contributed by atoms with Crippen LogP contribution in [0.25, 0.3) is 10.9 Å². The van der Waals surface area contributed by atoms with Gasteiger partial charge in [-0.05, 0) is 30.7 Å².